The smallest absolute Gasteiger partial charge is 0.119 e. The quantitative estimate of drug-likeness (QED) is 0.535. The van der Waals surface area contributed by atoms with E-state index in [1.54, 1.807) is 12.7 Å². The summed E-state index contributed by atoms with van der Waals surface area (Å²) in [5.41, 5.74) is 5.92. The molecule has 2 aromatic carbocycles. The van der Waals surface area contributed by atoms with Gasteiger partial charge in [0.15, 0.2) is 0 Å². The fourth-order valence-electron chi connectivity index (χ4n) is 6.10. The average Bonchev–Trinajstić information content (AvgIpc) is 3.52. The zero-order chi connectivity index (χ0) is 20.3. The van der Waals surface area contributed by atoms with Gasteiger partial charge in [0.25, 0.3) is 0 Å². The number of likely N-dealkylation sites (tertiary alicyclic amines) is 1. The van der Waals surface area contributed by atoms with E-state index < -0.39 is 0 Å². The summed E-state index contributed by atoms with van der Waals surface area (Å²) < 4.78 is 6.78. The van der Waals surface area contributed by atoms with Gasteiger partial charge < -0.3 is 14.6 Å². The topological polar surface area (TPSA) is 28.3 Å². The van der Waals surface area contributed by atoms with E-state index in [-0.39, 0.29) is 5.41 Å². The van der Waals surface area contributed by atoms with Gasteiger partial charge in [-0.05, 0) is 91.9 Å². The summed E-state index contributed by atoms with van der Waals surface area (Å²) >= 11 is 3.68. The zero-order valence-corrected chi connectivity index (χ0v) is 19.2. The number of methoxy groups -OCH3 is 1. The van der Waals surface area contributed by atoms with Gasteiger partial charge in [0.1, 0.15) is 5.75 Å². The number of hydrogen-bond acceptors (Lipinski definition) is 2. The number of nitrogens with one attached hydrogen (secondary N) is 1. The summed E-state index contributed by atoms with van der Waals surface area (Å²) in [6, 6.07) is 15.6. The molecule has 1 aromatic heterocycles. The van der Waals surface area contributed by atoms with Crippen LogP contribution in [0.4, 0.5) is 0 Å². The molecule has 1 saturated heterocycles. The summed E-state index contributed by atoms with van der Waals surface area (Å²) in [6.07, 6.45) is 6.36. The second-order valence-electron chi connectivity index (χ2n) is 9.69. The van der Waals surface area contributed by atoms with Crippen LogP contribution in [0, 0.1) is 11.8 Å². The Morgan fingerprint density at radius 3 is 2.93 bits per heavy atom. The van der Waals surface area contributed by atoms with E-state index in [0.29, 0.717) is 5.92 Å². The highest BCUT2D eigenvalue weighted by Gasteiger charge is 2.48. The van der Waals surface area contributed by atoms with Gasteiger partial charge in [-0.2, -0.15) is 0 Å². The summed E-state index contributed by atoms with van der Waals surface area (Å²) in [5, 5.41) is 1.40. The van der Waals surface area contributed by atoms with Gasteiger partial charge >= 0.3 is 0 Å². The first-order valence-electron chi connectivity index (χ1n) is 11.3. The predicted octanol–water partition coefficient (Wildman–Crippen LogP) is 5.71. The van der Waals surface area contributed by atoms with E-state index in [0.717, 1.165) is 24.5 Å². The van der Waals surface area contributed by atoms with Crippen molar-refractivity contribution in [3.05, 3.63) is 63.8 Å². The van der Waals surface area contributed by atoms with Crippen molar-refractivity contribution in [2.75, 3.05) is 26.7 Å². The van der Waals surface area contributed by atoms with Gasteiger partial charge in [-0.1, -0.05) is 28.1 Å². The summed E-state index contributed by atoms with van der Waals surface area (Å²) in [4.78, 5) is 6.55. The first-order chi connectivity index (χ1) is 14.6. The van der Waals surface area contributed by atoms with Crippen LogP contribution in [0.5, 0.6) is 5.75 Å². The predicted molar refractivity (Wildman–Crippen MR) is 125 cm³/mol. The molecule has 156 valence electrons. The maximum atomic E-state index is 5.61. The maximum Gasteiger partial charge on any atom is 0.119 e. The van der Waals surface area contributed by atoms with Crippen LogP contribution in [0.3, 0.4) is 0 Å². The molecule has 0 radical (unpaired) electrons. The largest absolute Gasteiger partial charge is 0.497 e. The van der Waals surface area contributed by atoms with Gasteiger partial charge in [-0.25, -0.2) is 0 Å². The lowest BCUT2D eigenvalue weighted by molar-refractivity contribution is 0.0783. The molecule has 0 spiro atoms. The fourth-order valence-corrected chi connectivity index (χ4v) is 6.46. The normalized spacial score (nSPS) is 26.4. The highest BCUT2D eigenvalue weighted by atomic mass is 79.9. The number of aromatic nitrogens is 1. The molecule has 1 N–H and O–H groups in total. The summed E-state index contributed by atoms with van der Waals surface area (Å²) in [7, 11) is 1.78. The van der Waals surface area contributed by atoms with Gasteiger partial charge in [0.05, 0.1) is 7.11 Å². The number of fused-ring (bicyclic) bond motifs is 4. The molecule has 3 nitrogen and oxygen atoms in total. The Kier molecular flexibility index (Phi) is 4.50. The van der Waals surface area contributed by atoms with Crippen LogP contribution in [0.15, 0.2) is 46.9 Å². The second-order valence-corrected chi connectivity index (χ2v) is 10.6. The van der Waals surface area contributed by atoms with Crippen molar-refractivity contribution in [2.24, 2.45) is 11.8 Å². The monoisotopic (exact) mass is 464 g/mol. The number of aromatic amines is 1. The molecule has 2 fully saturated rings. The van der Waals surface area contributed by atoms with E-state index in [1.165, 1.54) is 65.5 Å². The molecule has 1 aliphatic heterocycles. The number of hydrogen-bond donors (Lipinski definition) is 1. The first kappa shape index (κ1) is 18.9. The minimum Gasteiger partial charge on any atom is -0.497 e. The molecule has 1 saturated carbocycles. The zero-order valence-electron chi connectivity index (χ0n) is 17.6. The molecule has 2 heterocycles. The van der Waals surface area contributed by atoms with Gasteiger partial charge in [0.2, 0.25) is 0 Å². The Balaban J connectivity index is 1.44. The molecule has 3 aromatic rings. The SMILES string of the molecule is COc1cccc([C@]23CCN(CC4CC4)CC2Cc2c([nH]c4ccc(Br)cc24)C3)c1. The van der Waals surface area contributed by atoms with Crippen LogP contribution in [0.2, 0.25) is 0 Å². The second kappa shape index (κ2) is 7.13. The molecule has 6 rings (SSSR count). The Morgan fingerprint density at radius 1 is 1.20 bits per heavy atom. The molecule has 4 heteroatoms. The molecular weight excluding hydrogens is 436 g/mol. The number of H-pyrrole nitrogens is 1. The molecule has 3 aliphatic rings. The van der Waals surface area contributed by atoms with Gasteiger partial charge in [-0.15, -0.1) is 0 Å². The standard InChI is InChI=1S/C26H29BrN2O/c1-30-21-4-2-3-18(11-21)26-9-10-29(15-17-5-6-17)16-19(26)12-22-23-13-20(27)7-8-24(23)28-25(22)14-26/h2-4,7-8,11,13,17,19,28H,5-6,9-10,12,14-16H2,1H3/t19?,26-/m1/s1. The van der Waals surface area contributed by atoms with Crippen LogP contribution in [0.1, 0.15) is 36.1 Å². The maximum absolute atomic E-state index is 5.61. The molecule has 30 heavy (non-hydrogen) atoms. The lowest BCUT2D eigenvalue weighted by Gasteiger charge is -2.51. The Hall–Kier alpha value is -1.78. The molecule has 2 atom stereocenters. The van der Waals surface area contributed by atoms with Crippen molar-refractivity contribution in [3.63, 3.8) is 0 Å². The highest BCUT2D eigenvalue weighted by molar-refractivity contribution is 9.10. The van der Waals surface area contributed by atoms with E-state index >= 15 is 0 Å². The van der Waals surface area contributed by atoms with Crippen molar-refractivity contribution >= 4 is 26.8 Å². The van der Waals surface area contributed by atoms with E-state index in [9.17, 15) is 0 Å². The number of benzene rings is 2. The van der Waals surface area contributed by atoms with Crippen molar-refractivity contribution in [1.82, 2.24) is 9.88 Å². The van der Waals surface area contributed by atoms with Crippen molar-refractivity contribution in [1.29, 1.82) is 0 Å². The molecule has 0 bridgehead atoms. The van der Waals surface area contributed by atoms with Gasteiger partial charge in [-0.3, -0.25) is 0 Å². The van der Waals surface area contributed by atoms with Crippen molar-refractivity contribution < 1.29 is 4.74 Å². The summed E-state index contributed by atoms with van der Waals surface area (Å²) in [6.45, 7) is 3.73. The van der Waals surface area contributed by atoms with Crippen LogP contribution in [-0.2, 0) is 18.3 Å². The van der Waals surface area contributed by atoms with E-state index in [4.69, 9.17) is 4.74 Å². The van der Waals surface area contributed by atoms with Crippen LogP contribution < -0.4 is 4.74 Å². The Bertz CT molecular complexity index is 1100. The molecule has 2 aliphatic carbocycles. The lowest BCUT2D eigenvalue weighted by atomic mass is 9.58. The van der Waals surface area contributed by atoms with Crippen LogP contribution >= 0.6 is 15.9 Å². The minimum absolute atomic E-state index is 0.194. The molecule has 1 unspecified atom stereocenters. The third-order valence-electron chi connectivity index (χ3n) is 7.89. The van der Waals surface area contributed by atoms with Crippen molar-refractivity contribution in [3.8, 4) is 5.75 Å². The molecular formula is C26H29BrN2O. The average molecular weight is 465 g/mol. The Morgan fingerprint density at radius 2 is 2.10 bits per heavy atom. The third kappa shape index (κ3) is 3.11. The highest BCUT2D eigenvalue weighted by Crippen LogP contribution is 2.50. The van der Waals surface area contributed by atoms with E-state index in [1.807, 2.05) is 0 Å². The number of piperidine rings is 1. The number of nitrogens with zero attached hydrogens (tertiary/aromatic N) is 1. The number of halogens is 1. The Labute approximate surface area is 186 Å². The fraction of sp³-hybridized carbons (Fsp3) is 0.462. The lowest BCUT2D eigenvalue weighted by Crippen LogP contribution is -2.54. The van der Waals surface area contributed by atoms with E-state index in [2.05, 4.69) is 68.3 Å². The van der Waals surface area contributed by atoms with Gasteiger partial charge in [0, 0.05) is 39.6 Å². The molecule has 0 amide bonds. The first-order valence-corrected chi connectivity index (χ1v) is 12.1. The minimum atomic E-state index is 0.194. The summed E-state index contributed by atoms with van der Waals surface area (Å²) in [5.74, 6) is 2.58. The third-order valence-corrected chi connectivity index (χ3v) is 8.38. The number of rotatable bonds is 4. The van der Waals surface area contributed by atoms with Crippen LogP contribution in [0.25, 0.3) is 10.9 Å². The number of ether oxygens (including phenoxy) is 1. The van der Waals surface area contributed by atoms with Crippen molar-refractivity contribution in [2.45, 2.75) is 37.5 Å². The van der Waals surface area contributed by atoms with Crippen LogP contribution in [-0.4, -0.2) is 36.6 Å².